The summed E-state index contributed by atoms with van der Waals surface area (Å²) in [6.07, 6.45) is 0. The van der Waals surface area contributed by atoms with E-state index in [-0.39, 0.29) is 15.2 Å². The molecule has 7 nitrogen and oxygen atoms in total. The predicted octanol–water partition coefficient (Wildman–Crippen LogP) is 3.18. The van der Waals surface area contributed by atoms with Gasteiger partial charge < -0.3 is 15.1 Å². The fourth-order valence-electron chi connectivity index (χ4n) is 1.46. The van der Waals surface area contributed by atoms with Crippen LogP contribution in [0.1, 0.15) is 10.5 Å². The molecule has 0 aliphatic carbocycles. The van der Waals surface area contributed by atoms with E-state index in [0.717, 1.165) is 12.1 Å². The third kappa shape index (κ3) is 3.43. The maximum absolute atomic E-state index is 12.9. The van der Waals surface area contributed by atoms with Crippen LogP contribution < -0.4 is 5.32 Å². The van der Waals surface area contributed by atoms with Crippen LogP contribution in [-0.4, -0.2) is 25.2 Å². The first-order valence-electron chi connectivity index (χ1n) is 5.38. The number of anilines is 1. The highest BCUT2D eigenvalue weighted by Gasteiger charge is 2.29. The van der Waals surface area contributed by atoms with Crippen molar-refractivity contribution in [3.05, 3.63) is 44.9 Å². The molecule has 2 aromatic rings. The summed E-state index contributed by atoms with van der Waals surface area (Å²) in [6, 6.07) is 3.23. The van der Waals surface area contributed by atoms with Crippen LogP contribution in [0.4, 0.5) is 10.1 Å². The molecule has 2 rings (SSSR count). The van der Waals surface area contributed by atoms with E-state index in [1.165, 1.54) is 6.07 Å². The molecule has 1 amide bonds. The Kier molecular flexibility index (Phi) is 4.81. The van der Waals surface area contributed by atoms with Crippen LogP contribution >= 0.6 is 42.5 Å². The van der Waals surface area contributed by atoms with Gasteiger partial charge in [-0.05, 0) is 18.2 Å². The predicted molar refractivity (Wildman–Crippen MR) is 79.1 cm³/mol. The first kappa shape index (κ1) is 17.2. The van der Waals surface area contributed by atoms with Gasteiger partial charge in [0.15, 0.2) is 10.8 Å². The highest BCUT2D eigenvalue weighted by molar-refractivity contribution is 7.50. The molecule has 0 bridgehead atoms. The lowest BCUT2D eigenvalue weighted by Gasteiger charge is -2.06. The van der Waals surface area contributed by atoms with Gasteiger partial charge in [0.2, 0.25) is 0 Å². The van der Waals surface area contributed by atoms with Gasteiger partial charge >= 0.3 is 7.75 Å². The van der Waals surface area contributed by atoms with E-state index in [2.05, 4.69) is 10.4 Å². The Labute approximate surface area is 137 Å². The van der Waals surface area contributed by atoms with Crippen molar-refractivity contribution in [1.82, 2.24) is 9.55 Å². The smallest absolute Gasteiger partial charge is 0.319 e. The SMILES string of the molecule is O=C(Nc1ccc(F)cc1Cl)c1nn(P(=O)(O)O)c(Cl)c1Cl. The van der Waals surface area contributed by atoms with E-state index in [4.69, 9.17) is 44.6 Å². The number of nitrogens with zero attached hydrogens (tertiary/aromatic N) is 2. The van der Waals surface area contributed by atoms with Gasteiger partial charge in [-0.3, -0.25) is 4.79 Å². The Hall–Kier alpha value is -1.15. The zero-order chi connectivity index (χ0) is 16.7. The molecule has 1 heterocycles. The maximum atomic E-state index is 12.9. The molecule has 1 aromatic heterocycles. The highest BCUT2D eigenvalue weighted by atomic mass is 35.5. The van der Waals surface area contributed by atoms with Gasteiger partial charge in [-0.1, -0.05) is 34.8 Å². The number of nitrogens with one attached hydrogen (secondary N) is 1. The lowest BCUT2D eigenvalue weighted by atomic mass is 10.3. The molecule has 0 radical (unpaired) electrons. The molecule has 0 atom stereocenters. The molecular formula is C10H6Cl3FN3O4P. The van der Waals surface area contributed by atoms with Crippen LogP contribution in [0.25, 0.3) is 0 Å². The van der Waals surface area contributed by atoms with Gasteiger partial charge in [0, 0.05) is 0 Å². The molecule has 0 saturated carbocycles. The van der Waals surface area contributed by atoms with Crippen molar-refractivity contribution in [1.29, 1.82) is 0 Å². The minimum absolute atomic E-state index is 0.0611. The summed E-state index contributed by atoms with van der Waals surface area (Å²) in [5.41, 5.74) is -0.457. The van der Waals surface area contributed by atoms with E-state index in [1.807, 2.05) is 0 Å². The number of halogens is 4. The number of hydrogen-bond acceptors (Lipinski definition) is 3. The van der Waals surface area contributed by atoms with Crippen molar-refractivity contribution < 1.29 is 23.5 Å². The normalized spacial score (nSPS) is 11.5. The van der Waals surface area contributed by atoms with Crippen molar-refractivity contribution in [2.75, 3.05) is 5.32 Å². The van der Waals surface area contributed by atoms with Gasteiger partial charge in [0.25, 0.3) is 5.91 Å². The van der Waals surface area contributed by atoms with Crippen molar-refractivity contribution in [2.24, 2.45) is 0 Å². The molecular weight excluding hydrogens is 382 g/mol. The van der Waals surface area contributed by atoms with E-state index >= 15 is 0 Å². The third-order valence-electron chi connectivity index (χ3n) is 2.40. The Morgan fingerprint density at radius 2 is 1.95 bits per heavy atom. The van der Waals surface area contributed by atoms with E-state index in [0.29, 0.717) is 0 Å². The Balaban J connectivity index is 2.36. The molecule has 118 valence electrons. The minimum atomic E-state index is -4.87. The summed E-state index contributed by atoms with van der Waals surface area (Å²) in [5, 5.41) is 4.55. The summed E-state index contributed by atoms with van der Waals surface area (Å²) in [5.74, 6) is -1.53. The number of carbonyl (C=O) groups is 1. The quantitative estimate of drug-likeness (QED) is 0.701. The molecule has 12 heteroatoms. The average Bonchev–Trinajstić information content (AvgIpc) is 2.69. The zero-order valence-corrected chi connectivity index (χ0v) is 13.5. The molecule has 1 aromatic carbocycles. The summed E-state index contributed by atoms with van der Waals surface area (Å²) in [6.45, 7) is 0. The second-order valence-electron chi connectivity index (χ2n) is 3.93. The fourth-order valence-corrected chi connectivity index (χ4v) is 2.89. The monoisotopic (exact) mass is 387 g/mol. The number of benzene rings is 1. The second-order valence-corrected chi connectivity index (χ2v) is 6.48. The van der Waals surface area contributed by atoms with Crippen LogP contribution in [-0.2, 0) is 4.57 Å². The number of hydrogen-bond donors (Lipinski definition) is 3. The van der Waals surface area contributed by atoms with Crippen molar-refractivity contribution >= 4 is 54.1 Å². The van der Waals surface area contributed by atoms with Gasteiger partial charge in [0.05, 0.1) is 10.7 Å². The van der Waals surface area contributed by atoms with Crippen molar-refractivity contribution in [3.8, 4) is 0 Å². The topological polar surface area (TPSA) is 104 Å². The Morgan fingerprint density at radius 1 is 1.32 bits per heavy atom. The Morgan fingerprint density at radius 3 is 2.45 bits per heavy atom. The highest BCUT2D eigenvalue weighted by Crippen LogP contribution is 2.42. The van der Waals surface area contributed by atoms with Crippen LogP contribution in [0.3, 0.4) is 0 Å². The molecule has 0 unspecified atom stereocenters. The van der Waals surface area contributed by atoms with Crippen LogP contribution in [0, 0.1) is 5.82 Å². The number of carbonyl (C=O) groups excluding carboxylic acids is 1. The van der Waals surface area contributed by atoms with Crippen LogP contribution in [0.2, 0.25) is 15.2 Å². The molecule has 0 aliphatic rings. The van der Waals surface area contributed by atoms with E-state index < -0.39 is 35.3 Å². The number of aromatic nitrogens is 2. The summed E-state index contributed by atoms with van der Waals surface area (Å²) in [7, 11) is -4.87. The maximum Gasteiger partial charge on any atom is 0.451 e. The lowest BCUT2D eigenvalue weighted by Crippen LogP contribution is -2.14. The summed E-state index contributed by atoms with van der Waals surface area (Å²) >= 11 is 17.1. The minimum Gasteiger partial charge on any atom is -0.319 e. The largest absolute Gasteiger partial charge is 0.451 e. The molecule has 0 fully saturated rings. The van der Waals surface area contributed by atoms with E-state index in [1.54, 1.807) is 0 Å². The second kappa shape index (κ2) is 6.16. The van der Waals surface area contributed by atoms with Crippen LogP contribution in [0.5, 0.6) is 0 Å². The van der Waals surface area contributed by atoms with Crippen LogP contribution in [0.15, 0.2) is 18.2 Å². The molecule has 22 heavy (non-hydrogen) atoms. The first-order valence-corrected chi connectivity index (χ1v) is 8.08. The average molecular weight is 389 g/mol. The van der Waals surface area contributed by atoms with Gasteiger partial charge in [-0.25, -0.2) is 8.96 Å². The molecule has 0 aliphatic heterocycles. The Bertz CT molecular complexity index is 807. The molecule has 3 N–H and O–H groups in total. The first-order chi connectivity index (χ1) is 10.1. The third-order valence-corrected chi connectivity index (χ3v) is 4.42. The summed E-state index contributed by atoms with van der Waals surface area (Å²) in [4.78, 5) is 30.1. The van der Waals surface area contributed by atoms with E-state index in [9.17, 15) is 13.8 Å². The summed E-state index contributed by atoms with van der Waals surface area (Å²) < 4.78 is 24.2. The van der Waals surface area contributed by atoms with Gasteiger partial charge in [0.1, 0.15) is 10.8 Å². The number of rotatable bonds is 3. The standard InChI is InChI=1S/C10H6Cl3FN3O4P/c11-5-3-4(14)1-2-6(5)15-10(18)8-7(12)9(13)17(16-8)22(19,20)21/h1-3H,(H,15,18)(H2,19,20,21). The zero-order valence-electron chi connectivity index (χ0n) is 10.3. The fraction of sp³-hybridized carbons (Fsp3) is 0. The lowest BCUT2D eigenvalue weighted by molar-refractivity contribution is 0.102. The van der Waals surface area contributed by atoms with Gasteiger partial charge in [-0.15, -0.1) is 0 Å². The molecule has 0 saturated heterocycles. The van der Waals surface area contributed by atoms with Gasteiger partial charge in [-0.2, -0.15) is 9.55 Å². The number of amides is 1. The molecule has 0 spiro atoms. The van der Waals surface area contributed by atoms with Crippen molar-refractivity contribution in [3.63, 3.8) is 0 Å². The van der Waals surface area contributed by atoms with Crippen molar-refractivity contribution in [2.45, 2.75) is 0 Å².